The van der Waals surface area contributed by atoms with E-state index < -0.39 is 0 Å². The molecule has 5 heteroatoms. The van der Waals surface area contributed by atoms with E-state index in [0.29, 0.717) is 0 Å². The number of benzene rings is 1. The van der Waals surface area contributed by atoms with E-state index in [1.54, 1.807) is 6.20 Å². The second kappa shape index (κ2) is 6.61. The lowest BCUT2D eigenvalue weighted by molar-refractivity contribution is -0.120. The molecular formula is C15H19N3OS. The molecule has 2 aromatic rings. The number of aromatic nitrogens is 2. The molecule has 2 unspecified atom stereocenters. The molecule has 1 N–H and O–H groups in total. The van der Waals surface area contributed by atoms with E-state index >= 15 is 0 Å². The first kappa shape index (κ1) is 14.7. The van der Waals surface area contributed by atoms with Gasteiger partial charge in [-0.2, -0.15) is 0 Å². The van der Waals surface area contributed by atoms with Crippen molar-refractivity contribution in [3.05, 3.63) is 48.3 Å². The summed E-state index contributed by atoms with van der Waals surface area (Å²) in [5, 5.41) is 3.70. The van der Waals surface area contributed by atoms with Crippen molar-refractivity contribution in [1.82, 2.24) is 14.9 Å². The van der Waals surface area contributed by atoms with E-state index in [1.807, 2.05) is 62.0 Å². The van der Waals surface area contributed by atoms with Crippen LogP contribution in [0, 0.1) is 0 Å². The van der Waals surface area contributed by atoms with Crippen molar-refractivity contribution < 1.29 is 4.79 Å². The lowest BCUT2D eigenvalue weighted by Gasteiger charge is -2.17. The Hall–Kier alpha value is -1.75. The molecule has 2 rings (SSSR count). The number of carbonyl (C=O) groups excluding carboxylic acids is 1. The van der Waals surface area contributed by atoms with Gasteiger partial charge in [-0.05, 0) is 19.4 Å². The maximum Gasteiger partial charge on any atom is 0.233 e. The molecule has 0 saturated carbocycles. The Balaban J connectivity index is 1.93. The topological polar surface area (TPSA) is 46.9 Å². The van der Waals surface area contributed by atoms with Gasteiger partial charge in [0.1, 0.15) is 0 Å². The third kappa shape index (κ3) is 3.63. The maximum absolute atomic E-state index is 12.2. The zero-order valence-electron chi connectivity index (χ0n) is 11.9. The summed E-state index contributed by atoms with van der Waals surface area (Å²) in [6.45, 7) is 3.89. The summed E-state index contributed by atoms with van der Waals surface area (Å²) in [6.07, 6.45) is 3.61. The predicted molar refractivity (Wildman–Crippen MR) is 81.5 cm³/mol. The Morgan fingerprint density at radius 1 is 1.30 bits per heavy atom. The molecule has 0 bridgehead atoms. The number of hydrogen-bond acceptors (Lipinski definition) is 3. The van der Waals surface area contributed by atoms with E-state index in [9.17, 15) is 4.79 Å². The second-order valence-corrected chi connectivity index (χ2v) is 6.03. The zero-order valence-corrected chi connectivity index (χ0v) is 12.7. The summed E-state index contributed by atoms with van der Waals surface area (Å²) < 4.78 is 1.91. The van der Waals surface area contributed by atoms with Crippen LogP contribution in [0.4, 0.5) is 0 Å². The van der Waals surface area contributed by atoms with E-state index in [-0.39, 0.29) is 17.2 Å². The molecule has 0 spiro atoms. The first-order chi connectivity index (χ1) is 9.58. The number of rotatable bonds is 5. The van der Waals surface area contributed by atoms with Gasteiger partial charge in [0.05, 0.1) is 11.3 Å². The zero-order chi connectivity index (χ0) is 14.5. The minimum atomic E-state index is -0.178. The van der Waals surface area contributed by atoms with Crippen molar-refractivity contribution >= 4 is 17.7 Å². The quantitative estimate of drug-likeness (QED) is 0.861. The van der Waals surface area contributed by atoms with Gasteiger partial charge >= 0.3 is 0 Å². The molecule has 1 amide bonds. The number of thioether (sulfide) groups is 1. The molecule has 1 aromatic heterocycles. The van der Waals surface area contributed by atoms with E-state index in [1.165, 1.54) is 11.8 Å². The van der Waals surface area contributed by atoms with E-state index in [4.69, 9.17) is 0 Å². The average molecular weight is 289 g/mol. The van der Waals surface area contributed by atoms with Gasteiger partial charge in [-0.15, -0.1) is 0 Å². The van der Waals surface area contributed by atoms with Crippen LogP contribution < -0.4 is 5.32 Å². The smallest absolute Gasteiger partial charge is 0.233 e. The number of amides is 1. The van der Waals surface area contributed by atoms with Crippen LogP contribution in [0.2, 0.25) is 0 Å². The Bertz CT molecular complexity index is 568. The fourth-order valence-electron chi connectivity index (χ4n) is 1.83. The minimum Gasteiger partial charge on any atom is -0.349 e. The van der Waals surface area contributed by atoms with E-state index in [2.05, 4.69) is 10.3 Å². The average Bonchev–Trinajstić information content (AvgIpc) is 2.85. The molecule has 0 saturated heterocycles. The number of carbonyl (C=O) groups is 1. The highest BCUT2D eigenvalue weighted by Crippen LogP contribution is 2.21. The van der Waals surface area contributed by atoms with E-state index in [0.717, 1.165) is 10.7 Å². The predicted octanol–water partition coefficient (Wildman–Crippen LogP) is 2.78. The van der Waals surface area contributed by atoms with Crippen LogP contribution in [0.5, 0.6) is 0 Å². The summed E-state index contributed by atoms with van der Waals surface area (Å²) in [4.78, 5) is 16.4. The van der Waals surface area contributed by atoms with Gasteiger partial charge in [-0.3, -0.25) is 4.79 Å². The molecule has 0 aliphatic rings. The molecule has 2 atom stereocenters. The van der Waals surface area contributed by atoms with Crippen LogP contribution in [0.3, 0.4) is 0 Å². The highest BCUT2D eigenvalue weighted by atomic mass is 32.2. The van der Waals surface area contributed by atoms with Crippen molar-refractivity contribution in [3.63, 3.8) is 0 Å². The van der Waals surface area contributed by atoms with Crippen molar-refractivity contribution in [2.45, 2.75) is 30.3 Å². The van der Waals surface area contributed by atoms with Gasteiger partial charge in [0, 0.05) is 19.4 Å². The monoisotopic (exact) mass is 289 g/mol. The normalized spacial score (nSPS) is 13.8. The van der Waals surface area contributed by atoms with Gasteiger partial charge in [-0.1, -0.05) is 42.1 Å². The number of nitrogens with one attached hydrogen (secondary N) is 1. The third-order valence-corrected chi connectivity index (χ3v) is 4.26. The lowest BCUT2D eigenvalue weighted by Crippen LogP contribution is -2.33. The van der Waals surface area contributed by atoms with Gasteiger partial charge in [0.25, 0.3) is 0 Å². The third-order valence-electron chi connectivity index (χ3n) is 3.09. The number of nitrogens with zero attached hydrogens (tertiary/aromatic N) is 2. The molecule has 0 fully saturated rings. The van der Waals surface area contributed by atoms with Crippen LogP contribution in [0.1, 0.15) is 25.5 Å². The molecule has 20 heavy (non-hydrogen) atoms. The molecule has 106 valence electrons. The van der Waals surface area contributed by atoms with Crippen LogP contribution in [0.25, 0.3) is 0 Å². The van der Waals surface area contributed by atoms with Gasteiger partial charge < -0.3 is 9.88 Å². The first-order valence-electron chi connectivity index (χ1n) is 6.57. The number of imidazole rings is 1. The van der Waals surface area contributed by atoms with Crippen LogP contribution >= 0.6 is 11.8 Å². The van der Waals surface area contributed by atoms with Gasteiger partial charge in [0.15, 0.2) is 5.16 Å². The second-order valence-electron chi connectivity index (χ2n) is 4.72. The fourth-order valence-corrected chi connectivity index (χ4v) is 2.67. The fraction of sp³-hybridized carbons (Fsp3) is 0.333. The van der Waals surface area contributed by atoms with Crippen LogP contribution in [-0.4, -0.2) is 20.7 Å². The lowest BCUT2D eigenvalue weighted by atomic mass is 10.1. The molecule has 0 radical (unpaired) electrons. The minimum absolute atomic E-state index is 0.00752. The number of hydrogen-bond donors (Lipinski definition) is 1. The Morgan fingerprint density at radius 3 is 2.60 bits per heavy atom. The molecule has 0 aliphatic heterocycles. The summed E-state index contributed by atoms with van der Waals surface area (Å²) in [5.41, 5.74) is 1.11. The molecule has 0 aliphatic carbocycles. The maximum atomic E-state index is 12.2. The van der Waals surface area contributed by atoms with Crippen LogP contribution in [0.15, 0.2) is 47.9 Å². The largest absolute Gasteiger partial charge is 0.349 e. The van der Waals surface area contributed by atoms with Gasteiger partial charge in [-0.25, -0.2) is 4.98 Å². The Kier molecular flexibility index (Phi) is 4.84. The standard InChI is InChI=1S/C15H19N3OS/c1-11(13-7-5-4-6-8-13)17-14(19)12(2)20-15-16-9-10-18(15)3/h4-12H,1-3H3,(H,17,19). The summed E-state index contributed by atoms with van der Waals surface area (Å²) in [7, 11) is 1.92. The van der Waals surface area contributed by atoms with Crippen LogP contribution in [-0.2, 0) is 11.8 Å². The Morgan fingerprint density at radius 2 is 2.00 bits per heavy atom. The molecule has 1 heterocycles. The molecular weight excluding hydrogens is 270 g/mol. The highest BCUT2D eigenvalue weighted by molar-refractivity contribution is 8.00. The highest BCUT2D eigenvalue weighted by Gasteiger charge is 2.18. The SMILES string of the molecule is CC(Sc1nccn1C)C(=O)NC(C)c1ccccc1. The molecule has 4 nitrogen and oxygen atoms in total. The summed E-state index contributed by atoms with van der Waals surface area (Å²) in [6, 6.07) is 9.96. The summed E-state index contributed by atoms with van der Waals surface area (Å²) >= 11 is 1.46. The summed E-state index contributed by atoms with van der Waals surface area (Å²) in [5.74, 6) is 0.0225. The Labute approximate surface area is 123 Å². The van der Waals surface area contributed by atoms with Crippen molar-refractivity contribution in [2.24, 2.45) is 7.05 Å². The van der Waals surface area contributed by atoms with Crippen molar-refractivity contribution in [3.8, 4) is 0 Å². The van der Waals surface area contributed by atoms with Crippen molar-refractivity contribution in [2.75, 3.05) is 0 Å². The van der Waals surface area contributed by atoms with Gasteiger partial charge in [0.2, 0.25) is 5.91 Å². The number of aryl methyl sites for hydroxylation is 1. The van der Waals surface area contributed by atoms with Crippen molar-refractivity contribution in [1.29, 1.82) is 0 Å². The first-order valence-corrected chi connectivity index (χ1v) is 7.45. The molecule has 1 aromatic carbocycles.